The van der Waals surface area contributed by atoms with E-state index in [0.29, 0.717) is 30.8 Å². The van der Waals surface area contributed by atoms with Gasteiger partial charge in [-0.05, 0) is 31.5 Å². The molecule has 1 aromatic rings. The minimum absolute atomic E-state index is 0.0146. The van der Waals surface area contributed by atoms with Crippen molar-refractivity contribution < 1.29 is 15.0 Å². The second-order valence-corrected chi connectivity index (χ2v) is 3.73. The first-order chi connectivity index (χ1) is 8.10. The van der Waals surface area contributed by atoms with Crippen LogP contribution in [0.15, 0.2) is 18.2 Å². The van der Waals surface area contributed by atoms with Gasteiger partial charge in [0, 0.05) is 25.4 Å². The molecule has 0 bridgehead atoms. The van der Waals surface area contributed by atoms with E-state index in [9.17, 15) is 9.90 Å². The summed E-state index contributed by atoms with van der Waals surface area (Å²) in [6, 6.07) is 4.30. The minimum Gasteiger partial charge on any atom is -0.508 e. The van der Waals surface area contributed by atoms with Crippen molar-refractivity contribution in [3.05, 3.63) is 23.8 Å². The molecule has 0 aliphatic heterocycles. The topological polar surface area (TPSA) is 86.8 Å². The molecule has 0 fully saturated rings. The number of hydrogen-bond acceptors (Lipinski definition) is 4. The average molecular weight is 238 g/mol. The Morgan fingerprint density at radius 1 is 1.47 bits per heavy atom. The molecule has 0 aromatic heterocycles. The molecule has 1 rings (SSSR count). The molecule has 0 radical (unpaired) electrons. The highest BCUT2D eigenvalue weighted by atomic mass is 16.3. The highest BCUT2D eigenvalue weighted by molar-refractivity contribution is 5.99. The molecule has 0 aliphatic rings. The molecule has 0 saturated carbocycles. The summed E-state index contributed by atoms with van der Waals surface area (Å²) in [6.07, 6.45) is 0.526. The van der Waals surface area contributed by atoms with E-state index >= 15 is 0 Å². The number of aliphatic hydroxyl groups excluding tert-OH is 1. The molecular weight excluding hydrogens is 220 g/mol. The van der Waals surface area contributed by atoms with E-state index in [0.717, 1.165) is 0 Å². The predicted octanol–water partition coefficient (Wildman–Crippen LogP) is 0.819. The number of nitrogens with two attached hydrogens (primary N) is 1. The van der Waals surface area contributed by atoms with Crippen LogP contribution in [-0.2, 0) is 0 Å². The SMILES string of the molecule is CCN(CCCO)C(=O)c1cc(O)ccc1N. The summed E-state index contributed by atoms with van der Waals surface area (Å²) < 4.78 is 0. The van der Waals surface area contributed by atoms with Gasteiger partial charge in [0.2, 0.25) is 0 Å². The van der Waals surface area contributed by atoms with Gasteiger partial charge >= 0.3 is 0 Å². The number of aromatic hydroxyl groups is 1. The fourth-order valence-electron chi connectivity index (χ4n) is 1.56. The van der Waals surface area contributed by atoms with Gasteiger partial charge in [-0.3, -0.25) is 4.79 Å². The molecule has 0 spiro atoms. The van der Waals surface area contributed by atoms with Gasteiger partial charge in [0.15, 0.2) is 0 Å². The standard InChI is InChI=1S/C12H18N2O3/c1-2-14(6-3-7-15)12(17)10-8-9(16)4-5-11(10)13/h4-5,8,15-16H,2-3,6-7,13H2,1H3. The summed E-state index contributed by atoms with van der Waals surface area (Å²) in [5.41, 5.74) is 6.34. The number of phenolic OH excluding ortho intramolecular Hbond substituents is 1. The van der Waals surface area contributed by atoms with Crippen LogP contribution in [0.5, 0.6) is 5.75 Å². The van der Waals surface area contributed by atoms with E-state index in [-0.39, 0.29) is 18.3 Å². The molecule has 0 saturated heterocycles. The summed E-state index contributed by atoms with van der Waals surface area (Å²) >= 11 is 0. The lowest BCUT2D eigenvalue weighted by Crippen LogP contribution is -2.32. The van der Waals surface area contributed by atoms with Crippen molar-refractivity contribution in [3.63, 3.8) is 0 Å². The van der Waals surface area contributed by atoms with Crippen LogP contribution in [0, 0.1) is 0 Å². The Balaban J connectivity index is 2.89. The summed E-state index contributed by atoms with van der Waals surface area (Å²) in [5.74, 6) is -0.213. The Morgan fingerprint density at radius 3 is 2.76 bits per heavy atom. The number of rotatable bonds is 5. The van der Waals surface area contributed by atoms with Crippen molar-refractivity contribution in [3.8, 4) is 5.75 Å². The van der Waals surface area contributed by atoms with Crippen LogP contribution in [-0.4, -0.2) is 40.7 Å². The molecule has 5 heteroatoms. The molecule has 17 heavy (non-hydrogen) atoms. The van der Waals surface area contributed by atoms with Crippen LogP contribution in [0.2, 0.25) is 0 Å². The number of benzene rings is 1. The fourth-order valence-corrected chi connectivity index (χ4v) is 1.56. The Hall–Kier alpha value is -1.75. The van der Waals surface area contributed by atoms with E-state index in [1.54, 1.807) is 4.90 Å². The van der Waals surface area contributed by atoms with Crippen molar-refractivity contribution in [2.75, 3.05) is 25.4 Å². The third-order valence-corrected chi connectivity index (χ3v) is 2.52. The lowest BCUT2D eigenvalue weighted by Gasteiger charge is -2.21. The summed E-state index contributed by atoms with van der Waals surface area (Å²) in [5, 5.41) is 18.1. The predicted molar refractivity (Wildman–Crippen MR) is 65.8 cm³/mol. The molecule has 0 atom stereocenters. The van der Waals surface area contributed by atoms with Gasteiger partial charge in [-0.2, -0.15) is 0 Å². The Bertz CT molecular complexity index is 393. The fraction of sp³-hybridized carbons (Fsp3) is 0.417. The van der Waals surface area contributed by atoms with Crippen molar-refractivity contribution in [2.45, 2.75) is 13.3 Å². The number of amides is 1. The highest BCUT2D eigenvalue weighted by Gasteiger charge is 2.16. The number of carbonyl (C=O) groups excluding carboxylic acids is 1. The Kier molecular flexibility index (Phi) is 4.78. The molecule has 1 aromatic carbocycles. The second kappa shape index (κ2) is 6.10. The lowest BCUT2D eigenvalue weighted by atomic mass is 10.1. The number of aliphatic hydroxyl groups is 1. The van der Waals surface area contributed by atoms with Crippen LogP contribution < -0.4 is 5.73 Å². The first-order valence-electron chi connectivity index (χ1n) is 5.58. The smallest absolute Gasteiger partial charge is 0.256 e. The second-order valence-electron chi connectivity index (χ2n) is 3.73. The molecular formula is C12H18N2O3. The lowest BCUT2D eigenvalue weighted by molar-refractivity contribution is 0.0755. The molecule has 5 nitrogen and oxygen atoms in total. The zero-order chi connectivity index (χ0) is 12.8. The molecule has 0 unspecified atom stereocenters. The molecule has 94 valence electrons. The van der Waals surface area contributed by atoms with E-state index in [2.05, 4.69) is 0 Å². The van der Waals surface area contributed by atoms with E-state index in [1.807, 2.05) is 6.92 Å². The van der Waals surface area contributed by atoms with Crippen molar-refractivity contribution >= 4 is 11.6 Å². The van der Waals surface area contributed by atoms with E-state index in [4.69, 9.17) is 10.8 Å². The third-order valence-electron chi connectivity index (χ3n) is 2.52. The summed E-state index contributed by atoms with van der Waals surface area (Å²) in [4.78, 5) is 13.7. The van der Waals surface area contributed by atoms with Crippen molar-refractivity contribution in [2.24, 2.45) is 0 Å². The largest absolute Gasteiger partial charge is 0.508 e. The number of nitrogen functional groups attached to an aromatic ring is 1. The van der Waals surface area contributed by atoms with Gasteiger partial charge in [-0.1, -0.05) is 0 Å². The molecule has 4 N–H and O–H groups in total. The highest BCUT2D eigenvalue weighted by Crippen LogP contribution is 2.20. The van der Waals surface area contributed by atoms with Crippen LogP contribution >= 0.6 is 0 Å². The van der Waals surface area contributed by atoms with Crippen LogP contribution in [0.25, 0.3) is 0 Å². The molecule has 0 heterocycles. The molecule has 1 amide bonds. The maximum absolute atomic E-state index is 12.1. The van der Waals surface area contributed by atoms with E-state index < -0.39 is 0 Å². The monoisotopic (exact) mass is 238 g/mol. The number of nitrogens with zero attached hydrogens (tertiary/aromatic N) is 1. The molecule has 0 aliphatic carbocycles. The number of anilines is 1. The van der Waals surface area contributed by atoms with Crippen LogP contribution in [0.3, 0.4) is 0 Å². The van der Waals surface area contributed by atoms with Crippen LogP contribution in [0.4, 0.5) is 5.69 Å². The van der Waals surface area contributed by atoms with Gasteiger partial charge < -0.3 is 20.8 Å². The number of phenols is 1. The van der Waals surface area contributed by atoms with Crippen molar-refractivity contribution in [1.29, 1.82) is 0 Å². The van der Waals surface area contributed by atoms with Gasteiger partial charge in [0.25, 0.3) is 5.91 Å². The third kappa shape index (κ3) is 3.35. The minimum atomic E-state index is -0.227. The normalized spacial score (nSPS) is 10.2. The Morgan fingerprint density at radius 2 is 2.18 bits per heavy atom. The number of carbonyl (C=O) groups is 1. The van der Waals surface area contributed by atoms with Gasteiger partial charge in [-0.25, -0.2) is 0 Å². The number of hydrogen-bond donors (Lipinski definition) is 3. The van der Waals surface area contributed by atoms with Crippen LogP contribution in [0.1, 0.15) is 23.7 Å². The zero-order valence-electron chi connectivity index (χ0n) is 9.89. The average Bonchev–Trinajstić information content (AvgIpc) is 2.33. The summed E-state index contributed by atoms with van der Waals surface area (Å²) in [6.45, 7) is 2.91. The first kappa shape index (κ1) is 13.3. The maximum atomic E-state index is 12.1. The van der Waals surface area contributed by atoms with E-state index in [1.165, 1.54) is 18.2 Å². The maximum Gasteiger partial charge on any atom is 0.256 e. The zero-order valence-corrected chi connectivity index (χ0v) is 9.89. The Labute approximate surface area is 100 Å². The van der Waals surface area contributed by atoms with Gasteiger partial charge in [0.05, 0.1) is 5.56 Å². The quantitative estimate of drug-likeness (QED) is 0.523. The first-order valence-corrected chi connectivity index (χ1v) is 5.58. The summed E-state index contributed by atoms with van der Waals surface area (Å²) in [7, 11) is 0. The van der Waals surface area contributed by atoms with Gasteiger partial charge in [-0.15, -0.1) is 0 Å². The van der Waals surface area contributed by atoms with Gasteiger partial charge in [0.1, 0.15) is 5.75 Å². The van der Waals surface area contributed by atoms with Crippen molar-refractivity contribution in [1.82, 2.24) is 4.90 Å².